The summed E-state index contributed by atoms with van der Waals surface area (Å²) in [7, 11) is 0. The van der Waals surface area contributed by atoms with Crippen LogP contribution in [0.4, 0.5) is 0 Å². The second-order valence-corrected chi connectivity index (χ2v) is 8.45. The van der Waals surface area contributed by atoms with Gasteiger partial charge in [0, 0.05) is 12.5 Å². The van der Waals surface area contributed by atoms with Crippen molar-refractivity contribution >= 4 is 11.4 Å². The van der Waals surface area contributed by atoms with Crippen LogP contribution in [0.3, 0.4) is 0 Å². The van der Waals surface area contributed by atoms with E-state index in [0.29, 0.717) is 5.78 Å². The minimum Gasteiger partial charge on any atom is -0.303 e. The van der Waals surface area contributed by atoms with Gasteiger partial charge >= 0.3 is 0 Å². The SMILES string of the molecule is CC(=O)C1CCN(CC/C=C2/c3ccccc3CCc3ccc(C)cc32)CC1. The molecule has 1 fully saturated rings. The quantitative estimate of drug-likeness (QED) is 0.733. The molecular formula is C26H31NO. The number of Topliss-reactive ketones (excluding diaryl/α,β-unsaturated/α-hetero) is 1. The lowest BCUT2D eigenvalue weighted by Gasteiger charge is -2.30. The monoisotopic (exact) mass is 373 g/mol. The largest absolute Gasteiger partial charge is 0.303 e. The van der Waals surface area contributed by atoms with E-state index in [1.807, 2.05) is 0 Å². The Kier molecular flexibility index (Phi) is 5.77. The zero-order valence-electron chi connectivity index (χ0n) is 17.2. The summed E-state index contributed by atoms with van der Waals surface area (Å²) in [5.41, 5.74) is 8.49. The molecule has 2 aromatic carbocycles. The van der Waals surface area contributed by atoms with Crippen LogP contribution in [-0.2, 0) is 17.6 Å². The first-order chi connectivity index (χ1) is 13.6. The number of piperidine rings is 1. The molecule has 0 radical (unpaired) electrons. The number of aryl methyl sites for hydroxylation is 3. The molecule has 0 bridgehead atoms. The number of carbonyl (C=O) groups excluding carboxylic acids is 1. The van der Waals surface area contributed by atoms with Gasteiger partial charge in [-0.25, -0.2) is 0 Å². The van der Waals surface area contributed by atoms with E-state index >= 15 is 0 Å². The van der Waals surface area contributed by atoms with Crippen LogP contribution in [0.15, 0.2) is 48.5 Å². The van der Waals surface area contributed by atoms with Gasteiger partial charge in [0.2, 0.25) is 0 Å². The molecule has 0 spiro atoms. The van der Waals surface area contributed by atoms with Crippen LogP contribution in [0.5, 0.6) is 0 Å². The molecule has 0 saturated carbocycles. The lowest BCUT2D eigenvalue weighted by Crippen LogP contribution is -2.36. The number of benzene rings is 2. The Hall–Kier alpha value is -2.19. The van der Waals surface area contributed by atoms with E-state index in [1.165, 1.54) is 33.4 Å². The first-order valence-electron chi connectivity index (χ1n) is 10.7. The topological polar surface area (TPSA) is 20.3 Å². The Balaban J connectivity index is 1.55. The van der Waals surface area contributed by atoms with Crippen LogP contribution in [0.2, 0.25) is 0 Å². The maximum Gasteiger partial charge on any atom is 0.133 e. The number of hydrogen-bond donors (Lipinski definition) is 0. The number of nitrogens with zero attached hydrogens (tertiary/aromatic N) is 1. The van der Waals surface area contributed by atoms with Crippen LogP contribution in [0.25, 0.3) is 5.57 Å². The van der Waals surface area contributed by atoms with Gasteiger partial charge in [-0.2, -0.15) is 0 Å². The van der Waals surface area contributed by atoms with Crippen molar-refractivity contribution in [3.63, 3.8) is 0 Å². The highest BCUT2D eigenvalue weighted by Gasteiger charge is 2.22. The van der Waals surface area contributed by atoms with Crippen molar-refractivity contribution in [3.8, 4) is 0 Å². The zero-order valence-corrected chi connectivity index (χ0v) is 17.2. The van der Waals surface area contributed by atoms with Gasteiger partial charge in [-0.15, -0.1) is 0 Å². The minimum atomic E-state index is 0.290. The van der Waals surface area contributed by atoms with E-state index in [2.05, 4.69) is 60.4 Å². The molecule has 0 unspecified atom stereocenters. The van der Waals surface area contributed by atoms with Crippen molar-refractivity contribution in [3.05, 3.63) is 76.4 Å². The zero-order chi connectivity index (χ0) is 19.5. The van der Waals surface area contributed by atoms with Crippen LogP contribution < -0.4 is 0 Å². The second kappa shape index (κ2) is 8.45. The fraction of sp³-hybridized carbons (Fsp3) is 0.423. The number of rotatable bonds is 4. The number of fused-ring (bicyclic) bond motifs is 2. The molecule has 1 aliphatic heterocycles. The van der Waals surface area contributed by atoms with Gasteiger partial charge in [0.05, 0.1) is 0 Å². The first-order valence-corrected chi connectivity index (χ1v) is 10.7. The average Bonchev–Trinajstić information content (AvgIpc) is 2.85. The van der Waals surface area contributed by atoms with Crippen LogP contribution >= 0.6 is 0 Å². The highest BCUT2D eigenvalue weighted by atomic mass is 16.1. The molecule has 1 heterocycles. The van der Waals surface area contributed by atoms with Crippen LogP contribution in [-0.4, -0.2) is 30.3 Å². The smallest absolute Gasteiger partial charge is 0.133 e. The molecule has 1 aliphatic carbocycles. The maximum atomic E-state index is 11.6. The summed E-state index contributed by atoms with van der Waals surface area (Å²) in [6.45, 7) is 7.12. The third-order valence-corrected chi connectivity index (χ3v) is 6.48. The lowest BCUT2D eigenvalue weighted by atomic mass is 9.91. The standard InChI is InChI=1S/C26H31NO/c1-19-9-10-23-12-11-22-6-3-4-7-24(22)25(26(23)18-19)8-5-15-27-16-13-21(14-17-27)20(2)28/h3-4,6-10,18,21H,5,11-17H2,1-2H3/b25-8-. The number of carbonyl (C=O) groups is 1. The van der Waals surface area contributed by atoms with Crippen molar-refractivity contribution in [1.82, 2.24) is 4.90 Å². The molecule has 28 heavy (non-hydrogen) atoms. The molecule has 0 N–H and O–H groups in total. The Bertz CT molecular complexity index is 887. The van der Waals surface area contributed by atoms with Crippen LogP contribution in [0, 0.1) is 12.8 Å². The number of ketones is 1. The molecule has 0 amide bonds. The Morgan fingerprint density at radius 3 is 2.50 bits per heavy atom. The molecule has 2 nitrogen and oxygen atoms in total. The molecule has 4 rings (SSSR count). The molecule has 2 heteroatoms. The summed E-state index contributed by atoms with van der Waals surface area (Å²) < 4.78 is 0. The molecule has 0 atom stereocenters. The lowest BCUT2D eigenvalue weighted by molar-refractivity contribution is -0.122. The van der Waals surface area contributed by atoms with Gasteiger partial charge in [-0.05, 0) is 86.9 Å². The fourth-order valence-corrected chi connectivity index (χ4v) is 4.75. The van der Waals surface area contributed by atoms with Gasteiger partial charge in [0.1, 0.15) is 5.78 Å². The van der Waals surface area contributed by atoms with Crippen molar-refractivity contribution < 1.29 is 4.79 Å². The van der Waals surface area contributed by atoms with E-state index in [0.717, 1.165) is 51.7 Å². The van der Waals surface area contributed by atoms with Crippen molar-refractivity contribution in [2.45, 2.75) is 46.0 Å². The highest BCUT2D eigenvalue weighted by Crippen LogP contribution is 2.34. The third-order valence-electron chi connectivity index (χ3n) is 6.48. The summed E-state index contributed by atoms with van der Waals surface area (Å²) in [5, 5.41) is 0. The van der Waals surface area contributed by atoms with Gasteiger partial charge in [0.15, 0.2) is 0 Å². The second-order valence-electron chi connectivity index (χ2n) is 8.45. The third kappa shape index (κ3) is 4.12. The molecule has 0 aromatic heterocycles. The van der Waals surface area contributed by atoms with Crippen molar-refractivity contribution in [2.75, 3.05) is 19.6 Å². The predicted octanol–water partition coefficient (Wildman–Crippen LogP) is 5.22. The van der Waals surface area contributed by atoms with Gasteiger partial charge in [0.25, 0.3) is 0 Å². The van der Waals surface area contributed by atoms with Crippen molar-refractivity contribution in [1.29, 1.82) is 0 Å². The normalized spacial score (nSPS) is 19.1. The number of likely N-dealkylation sites (tertiary alicyclic amines) is 1. The summed E-state index contributed by atoms with van der Waals surface area (Å²) in [4.78, 5) is 14.1. The summed E-state index contributed by atoms with van der Waals surface area (Å²) in [5.74, 6) is 0.655. The van der Waals surface area contributed by atoms with E-state index in [-0.39, 0.29) is 5.92 Å². The Morgan fingerprint density at radius 2 is 1.75 bits per heavy atom. The Labute approximate surface area is 169 Å². The van der Waals surface area contributed by atoms with E-state index in [1.54, 1.807) is 6.92 Å². The van der Waals surface area contributed by atoms with Gasteiger partial charge in [-0.1, -0.05) is 54.1 Å². The highest BCUT2D eigenvalue weighted by molar-refractivity contribution is 5.84. The molecular weight excluding hydrogens is 342 g/mol. The predicted molar refractivity (Wildman–Crippen MR) is 117 cm³/mol. The van der Waals surface area contributed by atoms with E-state index in [9.17, 15) is 4.79 Å². The van der Waals surface area contributed by atoms with Crippen molar-refractivity contribution in [2.24, 2.45) is 5.92 Å². The molecule has 1 saturated heterocycles. The maximum absolute atomic E-state index is 11.6. The summed E-state index contributed by atoms with van der Waals surface area (Å²) >= 11 is 0. The summed E-state index contributed by atoms with van der Waals surface area (Å²) in [6.07, 6.45) is 7.79. The Morgan fingerprint density at radius 1 is 1.04 bits per heavy atom. The molecule has 2 aromatic rings. The van der Waals surface area contributed by atoms with Crippen LogP contribution in [0.1, 0.15) is 54.0 Å². The van der Waals surface area contributed by atoms with Gasteiger partial charge < -0.3 is 4.90 Å². The van der Waals surface area contributed by atoms with E-state index < -0.39 is 0 Å². The number of hydrogen-bond acceptors (Lipinski definition) is 2. The fourth-order valence-electron chi connectivity index (χ4n) is 4.75. The molecule has 2 aliphatic rings. The minimum absolute atomic E-state index is 0.290. The molecule has 146 valence electrons. The average molecular weight is 374 g/mol. The first kappa shape index (κ1) is 19.1. The van der Waals surface area contributed by atoms with E-state index in [4.69, 9.17) is 0 Å². The van der Waals surface area contributed by atoms with Gasteiger partial charge in [-0.3, -0.25) is 4.79 Å². The summed E-state index contributed by atoms with van der Waals surface area (Å²) in [6, 6.07) is 15.8.